The predicted octanol–water partition coefficient (Wildman–Crippen LogP) is 3.74. The van der Waals surface area contributed by atoms with E-state index in [0.29, 0.717) is 20.7 Å². The standard InChI is InChI=1S/C32H32F2IN6O10P/c1-15(28(43)49-13-17-8-10-18(33)12-20(17)34)40-52(45,46)51-24-19-7-5-4-6-16(19)9-11-21(24)48-14-22-25(42)32(2,44)29(50-22)41-26-23(37-30(41)35)27(47-3)39-31(36)38-26/h4-12,15,22,25,29,42,44H,13-14H2,1-3H3,(H2,36,38,39)(H2,40,45,46)/t15-,22+,25+,29+,32+/m0/s1. The molecule has 0 radical (unpaired) electrons. The van der Waals surface area contributed by atoms with Gasteiger partial charge in [-0.1, -0.05) is 30.3 Å². The number of nitrogens with zero attached hydrogens (tertiary/aromatic N) is 4. The predicted molar refractivity (Wildman–Crippen MR) is 188 cm³/mol. The van der Waals surface area contributed by atoms with Gasteiger partial charge >= 0.3 is 13.7 Å². The molecule has 6 N–H and O–H groups in total. The van der Waals surface area contributed by atoms with Crippen LogP contribution in [0.25, 0.3) is 21.9 Å². The summed E-state index contributed by atoms with van der Waals surface area (Å²) < 4.78 is 70.4. The number of methoxy groups -OCH3 is 1. The summed E-state index contributed by atoms with van der Waals surface area (Å²) >= 11 is 1.91. The molecule has 52 heavy (non-hydrogen) atoms. The van der Waals surface area contributed by atoms with Crippen LogP contribution in [0.4, 0.5) is 14.7 Å². The van der Waals surface area contributed by atoms with Crippen LogP contribution in [0, 0.1) is 15.5 Å². The van der Waals surface area contributed by atoms with E-state index in [0.717, 1.165) is 12.1 Å². The number of carbonyl (C=O) groups excluding carboxylic acids is 1. The summed E-state index contributed by atoms with van der Waals surface area (Å²) in [6.07, 6.45) is -3.91. The summed E-state index contributed by atoms with van der Waals surface area (Å²) in [7, 11) is -3.46. The Morgan fingerprint density at radius 1 is 1.19 bits per heavy atom. The Kier molecular flexibility index (Phi) is 10.6. The van der Waals surface area contributed by atoms with Crippen LogP contribution in [-0.2, 0) is 25.4 Å². The van der Waals surface area contributed by atoms with Crippen molar-refractivity contribution in [2.24, 2.45) is 0 Å². The summed E-state index contributed by atoms with van der Waals surface area (Å²) in [5.41, 5.74) is 4.30. The van der Waals surface area contributed by atoms with Crippen molar-refractivity contribution < 1.29 is 56.7 Å². The van der Waals surface area contributed by atoms with E-state index in [2.05, 4.69) is 20.0 Å². The first-order valence-corrected chi connectivity index (χ1v) is 18.1. The Balaban J connectivity index is 1.20. The maximum atomic E-state index is 14.0. The van der Waals surface area contributed by atoms with E-state index in [1.807, 2.05) is 22.6 Å². The molecule has 276 valence electrons. The maximum absolute atomic E-state index is 14.0. The fourth-order valence-corrected chi connectivity index (χ4v) is 7.41. The number of fused-ring (bicyclic) bond motifs is 2. The minimum absolute atomic E-state index is 0.0383. The number of ether oxygens (including phenoxy) is 4. The van der Waals surface area contributed by atoms with Gasteiger partial charge < -0.3 is 44.3 Å². The lowest BCUT2D eigenvalue weighted by Crippen LogP contribution is -2.45. The smallest absolute Gasteiger partial charge is 0.457 e. The fourth-order valence-electron chi connectivity index (χ4n) is 5.60. The van der Waals surface area contributed by atoms with Gasteiger partial charge in [0.25, 0.3) is 0 Å². The third-order valence-electron chi connectivity index (χ3n) is 8.22. The van der Waals surface area contributed by atoms with Crippen LogP contribution in [0.5, 0.6) is 17.4 Å². The second-order valence-electron chi connectivity index (χ2n) is 11.9. The van der Waals surface area contributed by atoms with Crippen molar-refractivity contribution in [3.63, 3.8) is 0 Å². The number of carbonyl (C=O) groups is 1. The number of imidazole rings is 1. The van der Waals surface area contributed by atoms with Crippen LogP contribution < -0.4 is 24.8 Å². The molecular weight excluding hydrogens is 824 g/mol. The van der Waals surface area contributed by atoms with Gasteiger partial charge in [0.1, 0.15) is 48.7 Å². The topological polar surface area (TPSA) is 223 Å². The molecule has 0 amide bonds. The SMILES string of the molecule is COc1nc(N)nc2c1nc(I)n2[C@@H]1O[C@H](COc2ccc3ccccc3c2OP(=O)(O)N[C@@H](C)C(=O)OCc2ccc(F)cc2F)[C@@H](O)[C@@]1(C)O. The molecule has 3 aromatic carbocycles. The Morgan fingerprint density at radius 3 is 2.67 bits per heavy atom. The lowest BCUT2D eigenvalue weighted by Gasteiger charge is -2.27. The molecule has 16 nitrogen and oxygen atoms in total. The molecule has 0 aliphatic carbocycles. The van der Waals surface area contributed by atoms with E-state index < -0.39 is 62.0 Å². The van der Waals surface area contributed by atoms with E-state index in [4.69, 9.17) is 29.2 Å². The summed E-state index contributed by atoms with van der Waals surface area (Å²) in [5.74, 6) is -2.98. The largest absolute Gasteiger partial charge is 0.487 e. The second-order valence-corrected chi connectivity index (χ2v) is 14.4. The molecule has 5 aromatic rings. The van der Waals surface area contributed by atoms with E-state index in [-0.39, 0.29) is 46.7 Å². The van der Waals surface area contributed by atoms with Gasteiger partial charge in [-0.05, 0) is 37.4 Å². The zero-order valence-corrected chi connectivity index (χ0v) is 30.6. The first-order valence-electron chi connectivity index (χ1n) is 15.5. The number of halogens is 3. The van der Waals surface area contributed by atoms with Gasteiger partial charge in [0.05, 0.1) is 7.11 Å². The Morgan fingerprint density at radius 2 is 1.94 bits per heavy atom. The number of nitrogens with two attached hydrogens (primary N) is 1. The number of aromatic nitrogens is 4. The number of benzene rings is 3. The fraction of sp³-hybridized carbons (Fsp3) is 0.312. The van der Waals surface area contributed by atoms with E-state index in [1.165, 1.54) is 31.6 Å². The molecular formula is C32H32F2IN6O10P. The highest BCUT2D eigenvalue weighted by Crippen LogP contribution is 2.47. The molecule has 1 fully saturated rings. The van der Waals surface area contributed by atoms with Crippen molar-refractivity contribution in [1.29, 1.82) is 0 Å². The van der Waals surface area contributed by atoms with E-state index in [9.17, 15) is 33.2 Å². The van der Waals surface area contributed by atoms with Crippen molar-refractivity contribution in [2.45, 2.75) is 50.5 Å². The first-order chi connectivity index (χ1) is 24.6. The molecule has 1 aliphatic heterocycles. The first kappa shape index (κ1) is 37.5. The molecule has 6 rings (SSSR count). The Labute approximate surface area is 307 Å². The summed E-state index contributed by atoms with van der Waals surface area (Å²) in [6, 6.07) is 11.2. The number of hydrogen-bond donors (Lipinski definition) is 5. The number of nitrogens with one attached hydrogen (secondary N) is 1. The normalized spacial score (nSPS) is 21.9. The lowest BCUT2D eigenvalue weighted by molar-refractivity contribution is -0.146. The van der Waals surface area contributed by atoms with Gasteiger partial charge in [-0.2, -0.15) is 15.1 Å². The number of rotatable bonds is 12. The molecule has 1 aliphatic rings. The van der Waals surface area contributed by atoms with Gasteiger partial charge in [-0.25, -0.2) is 18.3 Å². The molecule has 1 saturated heterocycles. The van der Waals surface area contributed by atoms with Crippen LogP contribution in [-0.4, -0.2) is 78.2 Å². The van der Waals surface area contributed by atoms with E-state index in [1.54, 1.807) is 30.3 Å². The van der Waals surface area contributed by atoms with Crippen molar-refractivity contribution in [3.05, 3.63) is 75.6 Å². The Hall–Kier alpha value is -4.24. The second kappa shape index (κ2) is 14.6. The third kappa shape index (κ3) is 7.47. The van der Waals surface area contributed by atoms with Gasteiger partial charge in [0.2, 0.25) is 11.8 Å². The summed E-state index contributed by atoms with van der Waals surface area (Å²) in [5, 5.41) is 25.9. The molecule has 0 saturated carbocycles. The zero-order valence-electron chi connectivity index (χ0n) is 27.6. The molecule has 2 aromatic heterocycles. The van der Waals surface area contributed by atoms with Crippen LogP contribution in [0.15, 0.2) is 54.6 Å². The zero-order chi connectivity index (χ0) is 37.5. The molecule has 20 heteroatoms. The van der Waals surface area contributed by atoms with Crippen molar-refractivity contribution in [2.75, 3.05) is 19.5 Å². The summed E-state index contributed by atoms with van der Waals surface area (Å²) in [4.78, 5) is 36.2. The number of aliphatic hydroxyl groups is 2. The highest BCUT2D eigenvalue weighted by molar-refractivity contribution is 14.1. The van der Waals surface area contributed by atoms with E-state index >= 15 is 0 Å². The average Bonchev–Trinajstić information content (AvgIpc) is 3.52. The number of anilines is 1. The molecule has 0 spiro atoms. The van der Waals surface area contributed by atoms with Crippen LogP contribution in [0.3, 0.4) is 0 Å². The van der Waals surface area contributed by atoms with Crippen LogP contribution in [0.1, 0.15) is 25.6 Å². The van der Waals surface area contributed by atoms with Crippen molar-refractivity contribution in [3.8, 4) is 17.4 Å². The molecule has 6 atom stereocenters. The van der Waals surface area contributed by atoms with Gasteiger partial charge in [-0.15, -0.1) is 0 Å². The average molecular weight is 857 g/mol. The molecule has 1 unspecified atom stereocenters. The van der Waals surface area contributed by atoms with Gasteiger partial charge in [0, 0.05) is 39.6 Å². The van der Waals surface area contributed by atoms with Crippen LogP contribution in [0.2, 0.25) is 0 Å². The molecule has 3 heterocycles. The monoisotopic (exact) mass is 856 g/mol. The molecule has 0 bridgehead atoms. The van der Waals surface area contributed by atoms with Crippen molar-refractivity contribution in [1.82, 2.24) is 24.6 Å². The quantitative estimate of drug-likeness (QED) is 0.0522. The van der Waals surface area contributed by atoms with Gasteiger partial charge in [-0.3, -0.25) is 9.36 Å². The lowest BCUT2D eigenvalue weighted by atomic mass is 9.96. The third-order valence-corrected chi connectivity index (χ3v) is 10.1. The number of aliphatic hydroxyl groups excluding tert-OH is 1. The summed E-state index contributed by atoms with van der Waals surface area (Å²) in [6.45, 7) is 1.67. The number of esters is 1. The van der Waals surface area contributed by atoms with Crippen molar-refractivity contribution >= 4 is 64.2 Å². The highest BCUT2D eigenvalue weighted by atomic mass is 127. The minimum Gasteiger partial charge on any atom is -0.487 e. The maximum Gasteiger partial charge on any atom is 0.457 e. The highest BCUT2D eigenvalue weighted by Gasteiger charge is 2.54. The van der Waals surface area contributed by atoms with Gasteiger partial charge in [0.15, 0.2) is 32.7 Å². The minimum atomic E-state index is -4.85. The number of nitrogen functional groups attached to an aromatic ring is 1. The Bertz CT molecular complexity index is 2210. The van der Waals surface area contributed by atoms with Crippen LogP contribution >= 0.6 is 30.3 Å². The number of hydrogen-bond acceptors (Lipinski definition) is 13.